The maximum atomic E-state index is 6.29. The molecule has 3 aromatic carbocycles. The van der Waals surface area contributed by atoms with E-state index in [9.17, 15) is 0 Å². The molecule has 3 N–H and O–H groups in total. The minimum Gasteiger partial charge on any atom is -0.335 e. The highest BCUT2D eigenvalue weighted by Gasteiger charge is 2.15. The summed E-state index contributed by atoms with van der Waals surface area (Å²) in [6, 6.07) is 24.1. The first-order valence-corrected chi connectivity index (χ1v) is 10.7. The minimum absolute atomic E-state index is 0.531. The number of nitrogen functional groups attached to an aromatic ring is 1. The number of aromatic nitrogens is 5. The summed E-state index contributed by atoms with van der Waals surface area (Å²) in [6.45, 7) is 0. The zero-order chi connectivity index (χ0) is 20.5. The quantitative estimate of drug-likeness (QED) is 0.296. The third-order valence-electron chi connectivity index (χ3n) is 4.86. The van der Waals surface area contributed by atoms with Crippen LogP contribution in [0.5, 0.6) is 0 Å². The van der Waals surface area contributed by atoms with E-state index in [0.29, 0.717) is 21.7 Å². The smallest absolute Gasteiger partial charge is 0.210 e. The van der Waals surface area contributed by atoms with Gasteiger partial charge in [-0.2, -0.15) is 5.10 Å². The molecule has 0 radical (unpaired) electrons. The van der Waals surface area contributed by atoms with E-state index in [2.05, 4.69) is 56.8 Å². The van der Waals surface area contributed by atoms with Crippen LogP contribution in [0.25, 0.3) is 33.5 Å². The van der Waals surface area contributed by atoms with Gasteiger partial charge in [-0.15, -0.1) is 10.2 Å². The Morgan fingerprint density at radius 3 is 2.63 bits per heavy atom. The molecule has 0 aliphatic heterocycles. The topological polar surface area (TPSA) is 85.4 Å². The highest BCUT2D eigenvalue weighted by molar-refractivity contribution is 7.98. The number of nitrogens with one attached hydrogen (secondary N) is 1. The van der Waals surface area contributed by atoms with Crippen LogP contribution in [-0.4, -0.2) is 25.1 Å². The Bertz CT molecular complexity index is 1320. The number of benzene rings is 3. The van der Waals surface area contributed by atoms with Crippen LogP contribution in [-0.2, 0) is 5.75 Å². The second-order valence-corrected chi connectivity index (χ2v) is 8.16. The van der Waals surface area contributed by atoms with Crippen molar-refractivity contribution in [3.05, 3.63) is 83.4 Å². The highest BCUT2D eigenvalue weighted by atomic mass is 35.5. The molecule has 0 amide bonds. The molecule has 0 unspecified atom stereocenters. The summed E-state index contributed by atoms with van der Waals surface area (Å²) < 4.78 is 1.49. The van der Waals surface area contributed by atoms with Crippen molar-refractivity contribution in [3.8, 4) is 22.8 Å². The van der Waals surface area contributed by atoms with Crippen LogP contribution in [0.3, 0.4) is 0 Å². The van der Waals surface area contributed by atoms with E-state index in [-0.39, 0.29) is 0 Å². The number of hydrogen-bond acceptors (Lipinski definition) is 5. The first kappa shape index (κ1) is 18.7. The van der Waals surface area contributed by atoms with Gasteiger partial charge in [0.15, 0.2) is 0 Å². The Balaban J connectivity index is 1.37. The molecule has 0 aliphatic carbocycles. The van der Waals surface area contributed by atoms with Gasteiger partial charge >= 0.3 is 0 Å². The van der Waals surface area contributed by atoms with Crippen LogP contribution in [0.2, 0.25) is 5.02 Å². The predicted molar refractivity (Wildman–Crippen MR) is 122 cm³/mol. The fraction of sp³-hybridized carbons (Fsp3) is 0.0455. The number of halogens is 1. The maximum Gasteiger partial charge on any atom is 0.210 e. The van der Waals surface area contributed by atoms with Gasteiger partial charge < -0.3 is 5.84 Å². The van der Waals surface area contributed by atoms with E-state index in [1.54, 1.807) is 11.8 Å². The number of rotatable bonds is 5. The lowest BCUT2D eigenvalue weighted by Gasteiger charge is -2.06. The predicted octanol–water partition coefficient (Wildman–Crippen LogP) is 5.15. The second-order valence-electron chi connectivity index (χ2n) is 6.78. The molecule has 6 nitrogen and oxygen atoms in total. The first-order valence-electron chi connectivity index (χ1n) is 9.31. The average molecular weight is 433 g/mol. The molecule has 0 bridgehead atoms. The third-order valence-corrected chi connectivity index (χ3v) is 6.10. The van der Waals surface area contributed by atoms with Crippen LogP contribution in [0.15, 0.2) is 78.0 Å². The van der Waals surface area contributed by atoms with Crippen molar-refractivity contribution in [3.63, 3.8) is 0 Å². The zero-order valence-corrected chi connectivity index (χ0v) is 17.4. The molecule has 5 aromatic rings. The molecule has 2 heterocycles. The third kappa shape index (κ3) is 3.53. The summed E-state index contributed by atoms with van der Waals surface area (Å²) in [6.07, 6.45) is 0. The molecular formula is C22H17ClN6S. The molecule has 0 saturated heterocycles. The van der Waals surface area contributed by atoms with E-state index < -0.39 is 0 Å². The van der Waals surface area contributed by atoms with Gasteiger partial charge in [0.25, 0.3) is 0 Å². The number of thioether (sulfide) groups is 1. The normalized spacial score (nSPS) is 11.2. The van der Waals surface area contributed by atoms with Crippen LogP contribution in [0.4, 0.5) is 0 Å². The lowest BCUT2D eigenvalue weighted by molar-refractivity contribution is 0.847. The highest BCUT2D eigenvalue weighted by Crippen LogP contribution is 2.28. The molecular weight excluding hydrogens is 416 g/mol. The van der Waals surface area contributed by atoms with Gasteiger partial charge in [-0.3, -0.25) is 5.10 Å². The van der Waals surface area contributed by atoms with Gasteiger partial charge in [-0.1, -0.05) is 78.0 Å². The van der Waals surface area contributed by atoms with Crippen molar-refractivity contribution in [2.24, 2.45) is 0 Å². The Morgan fingerprint density at radius 2 is 1.77 bits per heavy atom. The standard InChI is InChI=1S/C22H17ClN6S/c23-17-10-8-15(9-11-17)19-12-20(26-25-19)21-27-28-22(29(21)24)30-13-16-6-3-5-14-4-1-2-7-18(14)16/h1-12H,13,24H2,(H,25,26). The molecule has 0 aliphatic rings. The Labute approximate surface area is 182 Å². The molecule has 0 saturated carbocycles. The van der Waals surface area contributed by atoms with Gasteiger partial charge in [0.1, 0.15) is 5.69 Å². The van der Waals surface area contributed by atoms with Crippen molar-refractivity contribution in [1.29, 1.82) is 0 Å². The Hall–Kier alpha value is -3.29. The number of H-pyrrole nitrogens is 1. The number of aromatic amines is 1. The van der Waals surface area contributed by atoms with Crippen LogP contribution >= 0.6 is 23.4 Å². The number of nitrogens with two attached hydrogens (primary N) is 1. The van der Waals surface area contributed by atoms with Crippen molar-refractivity contribution in [2.75, 3.05) is 5.84 Å². The van der Waals surface area contributed by atoms with E-state index in [1.165, 1.54) is 21.0 Å². The number of nitrogens with zero attached hydrogens (tertiary/aromatic N) is 4. The fourth-order valence-corrected chi connectivity index (χ4v) is 4.31. The molecule has 5 rings (SSSR count). The second kappa shape index (κ2) is 7.85. The fourth-order valence-electron chi connectivity index (χ4n) is 3.32. The van der Waals surface area contributed by atoms with Gasteiger partial charge in [-0.05, 0) is 34.5 Å². The minimum atomic E-state index is 0.531. The van der Waals surface area contributed by atoms with Crippen LogP contribution in [0, 0.1) is 0 Å². The molecule has 2 aromatic heterocycles. The van der Waals surface area contributed by atoms with Gasteiger partial charge in [0, 0.05) is 16.3 Å². The largest absolute Gasteiger partial charge is 0.335 e. The monoisotopic (exact) mass is 432 g/mol. The molecule has 30 heavy (non-hydrogen) atoms. The summed E-state index contributed by atoms with van der Waals surface area (Å²) in [7, 11) is 0. The molecule has 0 fully saturated rings. The molecule has 8 heteroatoms. The van der Waals surface area contributed by atoms with Crippen molar-refractivity contribution >= 4 is 34.1 Å². The number of hydrogen-bond donors (Lipinski definition) is 2. The molecule has 148 valence electrons. The van der Waals surface area contributed by atoms with Gasteiger partial charge in [0.05, 0.1) is 5.69 Å². The maximum absolute atomic E-state index is 6.29. The van der Waals surface area contributed by atoms with Crippen LogP contribution < -0.4 is 5.84 Å². The lowest BCUT2D eigenvalue weighted by Crippen LogP contribution is -2.11. The molecule has 0 spiro atoms. The van der Waals surface area contributed by atoms with Gasteiger partial charge in [0.2, 0.25) is 11.0 Å². The van der Waals surface area contributed by atoms with Crippen molar-refractivity contribution in [2.45, 2.75) is 10.9 Å². The average Bonchev–Trinajstić information content (AvgIpc) is 3.39. The van der Waals surface area contributed by atoms with Crippen LogP contribution in [0.1, 0.15) is 5.56 Å². The lowest BCUT2D eigenvalue weighted by atomic mass is 10.1. The Morgan fingerprint density at radius 1 is 0.967 bits per heavy atom. The molecule has 0 atom stereocenters. The van der Waals surface area contributed by atoms with E-state index >= 15 is 0 Å². The summed E-state index contributed by atoms with van der Waals surface area (Å²) in [4.78, 5) is 0. The van der Waals surface area contributed by atoms with Crippen molar-refractivity contribution < 1.29 is 0 Å². The van der Waals surface area contributed by atoms with E-state index in [0.717, 1.165) is 17.0 Å². The summed E-state index contributed by atoms with van der Waals surface area (Å²) in [5.41, 5.74) is 3.67. The zero-order valence-electron chi connectivity index (χ0n) is 15.8. The summed E-state index contributed by atoms with van der Waals surface area (Å²) in [5, 5.41) is 19.7. The Kier molecular flexibility index (Phi) is 4.90. The number of fused-ring (bicyclic) bond motifs is 1. The summed E-state index contributed by atoms with van der Waals surface area (Å²) in [5.74, 6) is 7.56. The SMILES string of the molecule is Nn1c(SCc2cccc3ccccc23)nnc1-c1cc(-c2ccc(Cl)cc2)n[nH]1. The van der Waals surface area contributed by atoms with Crippen molar-refractivity contribution in [1.82, 2.24) is 25.1 Å². The van der Waals surface area contributed by atoms with Gasteiger partial charge in [-0.25, -0.2) is 4.68 Å². The first-order chi connectivity index (χ1) is 14.7. The van der Waals surface area contributed by atoms with E-state index in [1.807, 2.05) is 36.4 Å². The van der Waals surface area contributed by atoms with E-state index in [4.69, 9.17) is 17.4 Å². The summed E-state index contributed by atoms with van der Waals surface area (Å²) >= 11 is 7.51.